The normalized spacial score (nSPS) is 20.2. The van der Waals surface area contributed by atoms with E-state index >= 15 is 0 Å². The Morgan fingerprint density at radius 2 is 1.90 bits per heavy atom. The Morgan fingerprint density at radius 3 is 2.52 bits per heavy atom. The number of nitrogens with one attached hydrogen (secondary N) is 1. The molecule has 0 amide bonds. The van der Waals surface area contributed by atoms with Crippen LogP contribution in [0.15, 0.2) is 29.3 Å². The number of aryl methyl sites for hydroxylation is 1. The molecule has 164 valence electrons. The Balaban J connectivity index is 0.00000300. The van der Waals surface area contributed by atoms with Crippen molar-refractivity contribution in [1.82, 2.24) is 10.2 Å². The van der Waals surface area contributed by atoms with E-state index in [2.05, 4.69) is 55.3 Å². The highest BCUT2D eigenvalue weighted by atomic mass is 127. The minimum absolute atomic E-state index is 0. The molecular weight excluding hydrogens is 477 g/mol. The lowest BCUT2D eigenvalue weighted by molar-refractivity contribution is 0.0262. The number of rotatable bonds is 6. The monoisotopic (exact) mass is 515 g/mol. The van der Waals surface area contributed by atoms with Gasteiger partial charge in [0.05, 0.1) is 12.6 Å². The number of hydrogen-bond donors (Lipinski definition) is 1. The molecule has 1 aromatic carbocycles. The summed E-state index contributed by atoms with van der Waals surface area (Å²) in [6.07, 6.45) is 4.63. The van der Waals surface area contributed by atoms with Crippen LogP contribution in [0.2, 0.25) is 0 Å². The Bertz CT molecular complexity index is 639. The predicted octanol–water partition coefficient (Wildman–Crippen LogP) is 4.13. The molecule has 3 rings (SSSR count). The number of hydrogen-bond acceptors (Lipinski definition) is 3. The van der Waals surface area contributed by atoms with E-state index in [1.165, 1.54) is 11.1 Å². The van der Waals surface area contributed by atoms with E-state index in [9.17, 15) is 0 Å². The van der Waals surface area contributed by atoms with Gasteiger partial charge in [-0.2, -0.15) is 0 Å². The van der Waals surface area contributed by atoms with Crippen LogP contribution in [0.5, 0.6) is 0 Å². The Kier molecular flexibility index (Phi) is 10.2. The quantitative estimate of drug-likeness (QED) is 0.352. The second-order valence-electron chi connectivity index (χ2n) is 8.02. The van der Waals surface area contributed by atoms with Crippen molar-refractivity contribution in [2.45, 2.75) is 58.0 Å². The Labute approximate surface area is 193 Å². The molecule has 0 unspecified atom stereocenters. The highest BCUT2D eigenvalue weighted by molar-refractivity contribution is 14.0. The second-order valence-corrected chi connectivity index (χ2v) is 8.02. The molecule has 0 aliphatic carbocycles. The van der Waals surface area contributed by atoms with E-state index in [0.29, 0.717) is 6.10 Å². The molecule has 5 nitrogen and oxygen atoms in total. The molecule has 2 aliphatic rings. The summed E-state index contributed by atoms with van der Waals surface area (Å²) in [7, 11) is 0. The minimum Gasteiger partial charge on any atom is -0.381 e. The molecule has 0 radical (unpaired) electrons. The highest BCUT2D eigenvalue weighted by Crippen LogP contribution is 2.37. The first kappa shape index (κ1) is 24.4. The molecule has 2 saturated heterocycles. The van der Waals surface area contributed by atoms with Crippen molar-refractivity contribution < 1.29 is 9.47 Å². The van der Waals surface area contributed by atoms with Crippen LogP contribution in [-0.2, 0) is 14.9 Å². The topological polar surface area (TPSA) is 46.1 Å². The van der Waals surface area contributed by atoms with Crippen molar-refractivity contribution in [2.24, 2.45) is 4.99 Å². The van der Waals surface area contributed by atoms with Crippen molar-refractivity contribution in [3.8, 4) is 0 Å². The lowest BCUT2D eigenvalue weighted by Crippen LogP contribution is -2.48. The molecule has 1 aromatic rings. The third-order valence-electron chi connectivity index (χ3n) is 6.18. The SMILES string of the molecule is CCNC(=NCC1(c2ccccc2C)CCOCC1)N1CCC(OCC)CC1.I. The van der Waals surface area contributed by atoms with Gasteiger partial charge in [0.1, 0.15) is 0 Å². The lowest BCUT2D eigenvalue weighted by Gasteiger charge is -2.39. The van der Waals surface area contributed by atoms with E-state index < -0.39 is 0 Å². The number of guanidine groups is 1. The molecule has 2 heterocycles. The van der Waals surface area contributed by atoms with E-state index in [-0.39, 0.29) is 29.4 Å². The van der Waals surface area contributed by atoms with Crippen LogP contribution in [0, 0.1) is 6.92 Å². The van der Waals surface area contributed by atoms with Gasteiger partial charge < -0.3 is 19.7 Å². The van der Waals surface area contributed by atoms with Gasteiger partial charge >= 0.3 is 0 Å². The van der Waals surface area contributed by atoms with Gasteiger partial charge in [-0.25, -0.2) is 0 Å². The van der Waals surface area contributed by atoms with Crippen LogP contribution < -0.4 is 5.32 Å². The van der Waals surface area contributed by atoms with Crippen molar-refractivity contribution in [3.05, 3.63) is 35.4 Å². The first-order valence-electron chi connectivity index (χ1n) is 11.0. The van der Waals surface area contributed by atoms with Gasteiger partial charge in [0.25, 0.3) is 0 Å². The first-order valence-corrected chi connectivity index (χ1v) is 11.0. The Hall–Kier alpha value is -0.860. The van der Waals surface area contributed by atoms with Crippen LogP contribution in [0.3, 0.4) is 0 Å². The van der Waals surface area contributed by atoms with Crippen molar-refractivity contribution >= 4 is 29.9 Å². The zero-order valence-electron chi connectivity index (χ0n) is 18.3. The number of piperidine rings is 1. The number of aliphatic imine (C=N–C) groups is 1. The van der Waals surface area contributed by atoms with Gasteiger partial charge in [-0.15, -0.1) is 24.0 Å². The van der Waals surface area contributed by atoms with Crippen LogP contribution >= 0.6 is 24.0 Å². The van der Waals surface area contributed by atoms with Crippen molar-refractivity contribution in [1.29, 1.82) is 0 Å². The molecule has 2 aliphatic heterocycles. The Morgan fingerprint density at radius 1 is 1.21 bits per heavy atom. The number of ether oxygens (including phenoxy) is 2. The standard InChI is InChI=1S/C23H37N3O2.HI/c1-4-24-22(26-14-10-20(11-15-26)28-5-2)25-18-23(12-16-27-17-13-23)21-9-7-6-8-19(21)3;/h6-9,20H,4-5,10-18H2,1-3H3,(H,24,25);1H. The zero-order chi connectivity index (χ0) is 19.8. The first-order chi connectivity index (χ1) is 13.7. The highest BCUT2D eigenvalue weighted by Gasteiger charge is 2.35. The van der Waals surface area contributed by atoms with Gasteiger partial charge in [-0.05, 0) is 57.6 Å². The molecule has 29 heavy (non-hydrogen) atoms. The van der Waals surface area contributed by atoms with Crippen LogP contribution in [0.4, 0.5) is 0 Å². The van der Waals surface area contributed by atoms with Crippen LogP contribution in [0.25, 0.3) is 0 Å². The van der Waals surface area contributed by atoms with E-state index in [4.69, 9.17) is 14.5 Å². The summed E-state index contributed by atoms with van der Waals surface area (Å²) >= 11 is 0. The molecule has 1 N–H and O–H groups in total. The molecule has 0 bridgehead atoms. The summed E-state index contributed by atoms with van der Waals surface area (Å²) in [6, 6.07) is 8.80. The fourth-order valence-electron chi connectivity index (χ4n) is 4.56. The number of halogens is 1. The fourth-order valence-corrected chi connectivity index (χ4v) is 4.56. The number of benzene rings is 1. The number of nitrogens with zero attached hydrogens (tertiary/aromatic N) is 2. The summed E-state index contributed by atoms with van der Waals surface area (Å²) in [6.45, 7) is 12.6. The van der Waals surface area contributed by atoms with E-state index in [1.54, 1.807) is 0 Å². The maximum atomic E-state index is 5.81. The molecule has 6 heteroatoms. The van der Waals surface area contributed by atoms with Crippen LogP contribution in [-0.4, -0.2) is 63.0 Å². The summed E-state index contributed by atoms with van der Waals surface area (Å²) < 4.78 is 11.5. The lowest BCUT2D eigenvalue weighted by atomic mass is 9.72. The number of likely N-dealkylation sites (tertiary alicyclic amines) is 1. The van der Waals surface area contributed by atoms with E-state index in [1.807, 2.05) is 0 Å². The molecule has 0 atom stereocenters. The van der Waals surface area contributed by atoms with Crippen LogP contribution in [0.1, 0.15) is 50.7 Å². The summed E-state index contributed by atoms with van der Waals surface area (Å²) in [4.78, 5) is 7.56. The summed E-state index contributed by atoms with van der Waals surface area (Å²) in [5.74, 6) is 1.05. The van der Waals surface area contributed by atoms with Gasteiger partial charge in [0, 0.05) is 44.9 Å². The van der Waals surface area contributed by atoms with Gasteiger partial charge in [0.15, 0.2) is 5.96 Å². The predicted molar refractivity (Wildman–Crippen MR) is 131 cm³/mol. The van der Waals surface area contributed by atoms with Gasteiger partial charge in [-0.3, -0.25) is 4.99 Å². The zero-order valence-corrected chi connectivity index (χ0v) is 20.6. The van der Waals surface area contributed by atoms with Crippen molar-refractivity contribution in [2.75, 3.05) is 46.0 Å². The fraction of sp³-hybridized carbons (Fsp3) is 0.696. The summed E-state index contributed by atoms with van der Waals surface area (Å²) in [5.41, 5.74) is 2.88. The third kappa shape index (κ3) is 6.31. The van der Waals surface area contributed by atoms with Gasteiger partial charge in [-0.1, -0.05) is 24.3 Å². The summed E-state index contributed by atoms with van der Waals surface area (Å²) in [5, 5.41) is 3.53. The third-order valence-corrected chi connectivity index (χ3v) is 6.18. The maximum absolute atomic E-state index is 5.81. The average Bonchev–Trinajstić information content (AvgIpc) is 2.73. The minimum atomic E-state index is 0. The molecule has 0 saturated carbocycles. The largest absolute Gasteiger partial charge is 0.381 e. The maximum Gasteiger partial charge on any atom is 0.193 e. The van der Waals surface area contributed by atoms with E-state index in [0.717, 1.165) is 77.6 Å². The second kappa shape index (κ2) is 12.1. The molecular formula is C23H38IN3O2. The molecule has 0 aromatic heterocycles. The van der Waals surface area contributed by atoms with Gasteiger partial charge in [0.2, 0.25) is 0 Å². The molecule has 2 fully saturated rings. The average molecular weight is 515 g/mol. The molecule has 0 spiro atoms. The smallest absolute Gasteiger partial charge is 0.193 e. The van der Waals surface area contributed by atoms with Crippen molar-refractivity contribution in [3.63, 3.8) is 0 Å².